The van der Waals surface area contributed by atoms with Crippen molar-refractivity contribution >= 4 is 115 Å². The first-order valence-electron chi connectivity index (χ1n) is 23.3. The van der Waals surface area contributed by atoms with Crippen molar-refractivity contribution < 1.29 is 8.83 Å². The molecule has 70 heavy (non-hydrogen) atoms. The van der Waals surface area contributed by atoms with Crippen molar-refractivity contribution in [3.05, 3.63) is 223 Å². The molecule has 322 valence electrons. The molecule has 0 aliphatic heterocycles. The molecule has 0 radical (unpaired) electrons. The lowest BCUT2D eigenvalue weighted by Gasteiger charge is -2.17. The lowest BCUT2D eigenvalue weighted by Crippen LogP contribution is -2.01. The fraction of sp³-hybridized carbons (Fsp3) is 0. The molecule has 0 saturated heterocycles. The number of furan rings is 2. The zero-order valence-electron chi connectivity index (χ0n) is 37.2. The van der Waals surface area contributed by atoms with Crippen molar-refractivity contribution in [2.75, 3.05) is 0 Å². The number of fused-ring (bicyclic) bond motifs is 16. The molecule has 4 heterocycles. The first-order valence-corrected chi connectivity index (χ1v) is 23.3. The number of nitriles is 1. The van der Waals surface area contributed by atoms with Gasteiger partial charge < -0.3 is 18.0 Å². The van der Waals surface area contributed by atoms with Crippen molar-refractivity contribution in [3.8, 4) is 39.7 Å². The minimum Gasteiger partial charge on any atom is -0.456 e. The van der Waals surface area contributed by atoms with Crippen LogP contribution in [0.1, 0.15) is 5.56 Å². The molecular weight excluding hydrogens is 857 g/mol. The van der Waals surface area contributed by atoms with Crippen LogP contribution in [0.5, 0.6) is 0 Å². The van der Waals surface area contributed by atoms with Crippen LogP contribution in [0.3, 0.4) is 0 Å². The number of benzene rings is 11. The summed E-state index contributed by atoms with van der Waals surface area (Å²) >= 11 is 0. The molecule has 0 saturated carbocycles. The molecule has 0 N–H and O–H groups in total. The maximum atomic E-state index is 10.9. The van der Waals surface area contributed by atoms with Crippen LogP contribution in [-0.4, -0.2) is 9.13 Å². The number of hydrogen-bond acceptors (Lipinski definition) is 3. The summed E-state index contributed by atoms with van der Waals surface area (Å²) in [5.74, 6) is 0. The maximum Gasteiger partial charge on any atom is 0.234 e. The number of nitrogens with zero attached hydrogens (tertiary/aromatic N) is 4. The molecule has 0 aliphatic carbocycles. The molecule has 0 atom stereocenters. The Morgan fingerprint density at radius 3 is 1.24 bits per heavy atom. The molecule has 0 unspecified atom stereocenters. The summed E-state index contributed by atoms with van der Waals surface area (Å²) in [4.78, 5) is 4.41. The quantitative estimate of drug-likeness (QED) is 0.165. The van der Waals surface area contributed by atoms with Crippen LogP contribution in [0.2, 0.25) is 0 Å². The van der Waals surface area contributed by atoms with E-state index < -0.39 is 0 Å². The summed E-state index contributed by atoms with van der Waals surface area (Å²) in [7, 11) is 0. The van der Waals surface area contributed by atoms with E-state index in [1.54, 1.807) is 0 Å². The van der Waals surface area contributed by atoms with Gasteiger partial charge in [-0.2, -0.15) is 5.26 Å². The second-order valence-electron chi connectivity index (χ2n) is 18.2. The Balaban J connectivity index is 0.980. The molecule has 15 rings (SSSR count). The first kappa shape index (κ1) is 38.2. The first-order chi connectivity index (χ1) is 34.6. The lowest BCUT2D eigenvalue weighted by atomic mass is 9.99. The molecule has 6 nitrogen and oxygen atoms in total. The highest BCUT2D eigenvalue weighted by Gasteiger charge is 2.25. The van der Waals surface area contributed by atoms with Gasteiger partial charge in [-0.05, 0) is 129 Å². The molecule has 0 bridgehead atoms. The SMILES string of the molecule is [C-]#[N+]c1c(-n2c3ccc(-c4ccc5c(c4)oc4ccccc45)cc3c3c4ccccc4ccc32)cc(C#N)cc1-n1c2ccc(-c3ccc4c(c3)oc3ccccc34)cc2c2c3ccccc3ccc21. The Morgan fingerprint density at radius 2 is 0.771 bits per heavy atom. The van der Waals surface area contributed by atoms with E-state index in [0.717, 1.165) is 131 Å². The Hall–Kier alpha value is -9.88. The summed E-state index contributed by atoms with van der Waals surface area (Å²) in [6.07, 6.45) is 0. The molecule has 6 heteroatoms. The third-order valence-corrected chi connectivity index (χ3v) is 14.5. The van der Waals surface area contributed by atoms with Crippen molar-refractivity contribution in [2.24, 2.45) is 0 Å². The van der Waals surface area contributed by atoms with Crippen LogP contribution in [0.25, 0.3) is 148 Å². The summed E-state index contributed by atoms with van der Waals surface area (Å²) in [5, 5.41) is 24.0. The molecule has 15 aromatic rings. The lowest BCUT2D eigenvalue weighted by molar-refractivity contribution is 0.668. The molecular formula is C64H34N4O2. The Labute approximate surface area is 399 Å². The van der Waals surface area contributed by atoms with Gasteiger partial charge in [-0.3, -0.25) is 0 Å². The van der Waals surface area contributed by atoms with Crippen LogP contribution < -0.4 is 0 Å². The van der Waals surface area contributed by atoms with Gasteiger partial charge in [0, 0.05) is 43.1 Å². The summed E-state index contributed by atoms with van der Waals surface area (Å²) < 4.78 is 17.1. The van der Waals surface area contributed by atoms with Crippen molar-refractivity contribution in [1.29, 1.82) is 5.26 Å². The number of aromatic nitrogens is 2. The number of para-hydroxylation sites is 2. The van der Waals surface area contributed by atoms with Gasteiger partial charge in [0.1, 0.15) is 22.3 Å². The molecule has 0 aliphatic rings. The minimum absolute atomic E-state index is 0.441. The number of hydrogen-bond donors (Lipinski definition) is 0. The third kappa shape index (κ3) is 5.36. The average Bonchev–Trinajstić information content (AvgIpc) is 4.17. The standard InChI is InChI=1S/C64H34N4O2/c1-66-64-56(67-52-26-22-40(32-50(52)62-44-12-4-2-10-38(44)20-28-54(62)67)42-18-24-48-46-14-6-8-16-58(46)69-60(48)34-42)30-37(36-65)31-57(64)68-53-27-23-41(33-51(53)63-45-13-5-3-11-39(45)21-29-55(63)68)43-19-25-49-47-15-7-9-17-59(47)70-61(49)35-43/h2-35H. The van der Waals surface area contributed by atoms with Crippen LogP contribution in [0.4, 0.5) is 5.69 Å². The fourth-order valence-corrected chi connectivity index (χ4v) is 11.4. The smallest absolute Gasteiger partial charge is 0.234 e. The second kappa shape index (κ2) is 14.3. The van der Waals surface area contributed by atoms with Gasteiger partial charge in [0.2, 0.25) is 5.69 Å². The van der Waals surface area contributed by atoms with Crippen LogP contribution in [-0.2, 0) is 0 Å². The van der Waals surface area contributed by atoms with E-state index in [2.05, 4.69) is 178 Å². The van der Waals surface area contributed by atoms with E-state index >= 15 is 0 Å². The minimum atomic E-state index is 0.441. The largest absolute Gasteiger partial charge is 0.456 e. The van der Waals surface area contributed by atoms with Crippen LogP contribution >= 0.6 is 0 Å². The van der Waals surface area contributed by atoms with Gasteiger partial charge >= 0.3 is 0 Å². The van der Waals surface area contributed by atoms with Gasteiger partial charge in [0.15, 0.2) is 0 Å². The highest BCUT2D eigenvalue weighted by Crippen LogP contribution is 2.46. The second-order valence-corrected chi connectivity index (χ2v) is 18.2. The Kier molecular flexibility index (Phi) is 7.82. The van der Waals surface area contributed by atoms with Crippen molar-refractivity contribution in [2.45, 2.75) is 0 Å². The topological polar surface area (TPSA) is 64.3 Å². The van der Waals surface area contributed by atoms with E-state index in [9.17, 15) is 5.26 Å². The Bertz CT molecular complexity index is 4580. The molecule has 11 aromatic carbocycles. The number of rotatable bonds is 4. The normalized spacial score (nSPS) is 12.0. The summed E-state index contributed by atoms with van der Waals surface area (Å²) in [6, 6.07) is 74.1. The van der Waals surface area contributed by atoms with E-state index in [1.165, 1.54) is 0 Å². The van der Waals surface area contributed by atoms with Gasteiger partial charge in [-0.1, -0.05) is 121 Å². The average molecular weight is 891 g/mol. The molecule has 0 fully saturated rings. The van der Waals surface area contributed by atoms with Crippen LogP contribution in [0, 0.1) is 17.9 Å². The van der Waals surface area contributed by atoms with Crippen LogP contribution in [0.15, 0.2) is 215 Å². The van der Waals surface area contributed by atoms with Gasteiger partial charge in [-0.25, -0.2) is 4.85 Å². The van der Waals surface area contributed by atoms with E-state index in [-0.39, 0.29) is 0 Å². The third-order valence-electron chi connectivity index (χ3n) is 14.5. The van der Waals surface area contributed by atoms with Crippen molar-refractivity contribution in [1.82, 2.24) is 9.13 Å². The Morgan fingerprint density at radius 1 is 0.371 bits per heavy atom. The summed E-state index contributed by atoms with van der Waals surface area (Å²) in [5.41, 5.74) is 13.5. The molecule has 0 spiro atoms. The zero-order chi connectivity index (χ0) is 46.2. The predicted molar refractivity (Wildman–Crippen MR) is 287 cm³/mol. The predicted octanol–water partition coefficient (Wildman–Crippen LogP) is 17.7. The van der Waals surface area contributed by atoms with E-state index in [4.69, 9.17) is 15.4 Å². The van der Waals surface area contributed by atoms with E-state index in [1.807, 2.05) is 48.5 Å². The summed E-state index contributed by atoms with van der Waals surface area (Å²) in [6.45, 7) is 9.06. The monoisotopic (exact) mass is 890 g/mol. The van der Waals surface area contributed by atoms with Gasteiger partial charge in [0.05, 0.1) is 51.6 Å². The molecule has 4 aromatic heterocycles. The van der Waals surface area contributed by atoms with E-state index in [0.29, 0.717) is 22.6 Å². The van der Waals surface area contributed by atoms with Gasteiger partial charge in [-0.15, -0.1) is 0 Å². The van der Waals surface area contributed by atoms with Gasteiger partial charge in [0.25, 0.3) is 0 Å². The molecule has 0 amide bonds. The highest BCUT2D eigenvalue weighted by atomic mass is 16.3. The van der Waals surface area contributed by atoms with Crippen molar-refractivity contribution in [3.63, 3.8) is 0 Å². The maximum absolute atomic E-state index is 10.9. The fourth-order valence-electron chi connectivity index (χ4n) is 11.4. The highest BCUT2D eigenvalue weighted by molar-refractivity contribution is 6.24. The zero-order valence-corrected chi connectivity index (χ0v) is 37.2.